The second kappa shape index (κ2) is 5.56. The van der Waals surface area contributed by atoms with E-state index in [2.05, 4.69) is 5.10 Å². The van der Waals surface area contributed by atoms with Gasteiger partial charge in [0.25, 0.3) is 0 Å². The molecule has 6 heteroatoms. The van der Waals surface area contributed by atoms with Gasteiger partial charge in [0, 0.05) is 12.4 Å². The third-order valence-electron chi connectivity index (χ3n) is 3.33. The fourth-order valence-electron chi connectivity index (χ4n) is 2.26. The van der Waals surface area contributed by atoms with Gasteiger partial charge in [-0.05, 0) is 24.3 Å². The Labute approximate surface area is 128 Å². The van der Waals surface area contributed by atoms with E-state index < -0.39 is 5.97 Å². The summed E-state index contributed by atoms with van der Waals surface area (Å²) < 4.78 is 12.4. The molecule has 0 saturated carbocycles. The maximum absolute atomic E-state index is 11.8. The Bertz CT molecular complexity index is 840. The van der Waals surface area contributed by atoms with Crippen molar-refractivity contribution in [3.05, 3.63) is 48.2 Å². The number of methoxy groups -OCH3 is 1. The highest BCUT2D eigenvalue weighted by molar-refractivity contribution is 6.32. The Morgan fingerprint density at radius 3 is 2.64 bits per heavy atom. The minimum absolute atomic E-state index is 0.411. The van der Waals surface area contributed by atoms with E-state index in [9.17, 15) is 4.79 Å². The molecule has 3 aromatic rings. The van der Waals surface area contributed by atoms with Crippen LogP contribution in [0.1, 0.15) is 10.4 Å². The molecule has 0 bridgehead atoms. The van der Waals surface area contributed by atoms with Crippen LogP contribution in [0, 0.1) is 0 Å². The maximum atomic E-state index is 11.8. The molecule has 0 aliphatic carbocycles. The maximum Gasteiger partial charge on any atom is 0.338 e. The van der Waals surface area contributed by atoms with Crippen LogP contribution in [0.25, 0.3) is 10.9 Å². The fourth-order valence-corrected chi connectivity index (χ4v) is 2.26. The summed E-state index contributed by atoms with van der Waals surface area (Å²) in [5.41, 5.74) is 1.86. The predicted molar refractivity (Wildman–Crippen MR) is 84.0 cm³/mol. The Morgan fingerprint density at radius 1 is 1.23 bits per heavy atom. The lowest BCUT2D eigenvalue weighted by molar-refractivity contribution is 0.0600. The van der Waals surface area contributed by atoms with Gasteiger partial charge in [-0.2, -0.15) is 5.10 Å². The average molecular weight is 292 g/mol. The number of rotatable bonds is 3. The average Bonchev–Trinajstić information content (AvgIpc) is 2.90. The molecule has 0 spiro atoms. The number of esters is 1. The number of carbonyl (C=O) groups excluding carboxylic acids is 1. The zero-order chi connectivity index (χ0) is 15.7. The summed E-state index contributed by atoms with van der Waals surface area (Å²) in [6.45, 7) is 0. The summed E-state index contributed by atoms with van der Waals surface area (Å²) in [7, 11) is 8.83. The molecule has 22 heavy (non-hydrogen) atoms. The molecule has 0 unspecified atom stereocenters. The number of hydrogen-bond donors (Lipinski definition) is 0. The SMILES string of the molecule is [B]c1ccc(Oc2cc(C(=O)OC)cc3cnn(C)c23)cc1. The number of ether oxygens (including phenoxy) is 2. The standard InChI is InChI=1S/C16H13BN2O3/c1-19-15-11(9-18-19)7-10(16(20)21-2)8-14(15)22-13-5-3-12(17)4-6-13/h3-9H,1-2H3. The smallest absolute Gasteiger partial charge is 0.338 e. The summed E-state index contributed by atoms with van der Waals surface area (Å²) in [4.78, 5) is 11.8. The second-order valence-electron chi connectivity index (χ2n) is 4.84. The predicted octanol–water partition coefficient (Wildman–Crippen LogP) is 1.95. The number of nitrogens with zero attached hydrogens (tertiary/aromatic N) is 2. The third-order valence-corrected chi connectivity index (χ3v) is 3.33. The van der Waals surface area contributed by atoms with Crippen LogP contribution in [0.3, 0.4) is 0 Å². The van der Waals surface area contributed by atoms with Crippen LogP contribution in [0.2, 0.25) is 0 Å². The molecule has 5 nitrogen and oxygen atoms in total. The largest absolute Gasteiger partial charge is 0.465 e. The molecule has 2 aromatic carbocycles. The topological polar surface area (TPSA) is 53.4 Å². The minimum atomic E-state index is -0.423. The highest BCUT2D eigenvalue weighted by Crippen LogP contribution is 2.31. The van der Waals surface area contributed by atoms with Crippen LogP contribution in [-0.4, -0.2) is 30.7 Å². The minimum Gasteiger partial charge on any atom is -0.465 e. The van der Waals surface area contributed by atoms with Crippen molar-refractivity contribution in [1.82, 2.24) is 9.78 Å². The summed E-state index contributed by atoms with van der Waals surface area (Å²) in [5, 5.41) is 5.00. The first-order valence-corrected chi connectivity index (χ1v) is 6.66. The van der Waals surface area contributed by atoms with Crippen molar-refractivity contribution in [2.75, 3.05) is 7.11 Å². The molecule has 0 amide bonds. The number of aryl methyl sites for hydroxylation is 1. The van der Waals surface area contributed by atoms with E-state index in [1.165, 1.54) is 7.11 Å². The van der Waals surface area contributed by atoms with Gasteiger partial charge >= 0.3 is 5.97 Å². The summed E-state index contributed by atoms with van der Waals surface area (Å²) in [6.07, 6.45) is 1.68. The van der Waals surface area contributed by atoms with Crippen molar-refractivity contribution in [1.29, 1.82) is 0 Å². The van der Waals surface area contributed by atoms with Crippen LogP contribution in [0.4, 0.5) is 0 Å². The van der Waals surface area contributed by atoms with Gasteiger partial charge in [0.1, 0.15) is 19.1 Å². The lowest BCUT2D eigenvalue weighted by Crippen LogP contribution is -2.03. The number of aromatic nitrogens is 2. The molecule has 2 radical (unpaired) electrons. The lowest BCUT2D eigenvalue weighted by atomic mass is 9.97. The van der Waals surface area contributed by atoms with Gasteiger partial charge in [0.05, 0.1) is 18.9 Å². The number of carbonyl (C=O) groups is 1. The van der Waals surface area contributed by atoms with Gasteiger partial charge < -0.3 is 9.47 Å². The Kier molecular flexibility index (Phi) is 3.59. The molecular formula is C16H13BN2O3. The molecule has 3 rings (SSSR count). The number of hydrogen-bond acceptors (Lipinski definition) is 4. The highest BCUT2D eigenvalue weighted by Gasteiger charge is 2.15. The fraction of sp³-hybridized carbons (Fsp3) is 0.125. The quantitative estimate of drug-likeness (QED) is 0.547. The van der Waals surface area contributed by atoms with Gasteiger partial charge in [-0.15, -0.1) is 0 Å². The third kappa shape index (κ3) is 2.55. The van der Waals surface area contributed by atoms with E-state index in [1.807, 2.05) is 7.05 Å². The molecule has 0 N–H and O–H groups in total. The van der Waals surface area contributed by atoms with Crippen molar-refractivity contribution >= 4 is 30.2 Å². The normalized spacial score (nSPS) is 10.6. The molecule has 1 aromatic heterocycles. The second-order valence-corrected chi connectivity index (χ2v) is 4.84. The van der Waals surface area contributed by atoms with Gasteiger partial charge in [-0.25, -0.2) is 4.79 Å². The lowest BCUT2D eigenvalue weighted by Gasteiger charge is -2.10. The summed E-state index contributed by atoms with van der Waals surface area (Å²) >= 11 is 0. The zero-order valence-corrected chi connectivity index (χ0v) is 12.2. The van der Waals surface area contributed by atoms with Gasteiger partial charge in [-0.1, -0.05) is 17.6 Å². The monoisotopic (exact) mass is 292 g/mol. The van der Waals surface area contributed by atoms with E-state index in [-0.39, 0.29) is 0 Å². The Hall–Kier alpha value is -2.76. The van der Waals surface area contributed by atoms with E-state index in [0.717, 1.165) is 10.9 Å². The van der Waals surface area contributed by atoms with Crippen LogP contribution < -0.4 is 10.2 Å². The van der Waals surface area contributed by atoms with E-state index in [0.29, 0.717) is 22.5 Å². The van der Waals surface area contributed by atoms with Crippen molar-refractivity contribution < 1.29 is 14.3 Å². The highest BCUT2D eigenvalue weighted by atomic mass is 16.5. The van der Waals surface area contributed by atoms with Gasteiger partial charge in [0.2, 0.25) is 0 Å². The summed E-state index contributed by atoms with van der Waals surface area (Å²) in [5.74, 6) is 0.731. The molecule has 0 aliphatic heterocycles. The van der Waals surface area contributed by atoms with Gasteiger partial charge in [0.15, 0.2) is 5.75 Å². The molecule has 0 fully saturated rings. The first-order valence-electron chi connectivity index (χ1n) is 6.66. The van der Waals surface area contributed by atoms with Crippen molar-refractivity contribution in [3.8, 4) is 11.5 Å². The number of fused-ring (bicyclic) bond motifs is 1. The van der Waals surface area contributed by atoms with E-state index >= 15 is 0 Å². The van der Waals surface area contributed by atoms with Crippen molar-refractivity contribution in [3.63, 3.8) is 0 Å². The van der Waals surface area contributed by atoms with Gasteiger partial charge in [-0.3, -0.25) is 4.68 Å². The Morgan fingerprint density at radius 2 is 1.95 bits per heavy atom. The van der Waals surface area contributed by atoms with Crippen molar-refractivity contribution in [2.45, 2.75) is 0 Å². The molecule has 108 valence electrons. The molecule has 0 aliphatic rings. The first kappa shape index (κ1) is 14.2. The molecule has 0 saturated heterocycles. The Balaban J connectivity index is 2.11. The number of benzene rings is 2. The van der Waals surface area contributed by atoms with Crippen LogP contribution in [0.5, 0.6) is 11.5 Å². The molecular weight excluding hydrogens is 279 g/mol. The van der Waals surface area contributed by atoms with Crippen LogP contribution in [0.15, 0.2) is 42.6 Å². The van der Waals surface area contributed by atoms with Crippen LogP contribution in [-0.2, 0) is 11.8 Å². The zero-order valence-electron chi connectivity index (χ0n) is 12.2. The summed E-state index contributed by atoms with van der Waals surface area (Å²) in [6, 6.07) is 10.4. The molecule has 0 atom stereocenters. The first-order chi connectivity index (χ1) is 10.6. The van der Waals surface area contributed by atoms with Crippen LogP contribution >= 0.6 is 0 Å². The van der Waals surface area contributed by atoms with E-state index in [1.54, 1.807) is 47.3 Å². The van der Waals surface area contributed by atoms with Crippen molar-refractivity contribution in [2.24, 2.45) is 7.05 Å². The molecule has 1 heterocycles. The van der Waals surface area contributed by atoms with E-state index in [4.69, 9.17) is 17.3 Å².